The molecule has 0 heterocycles. The maximum Gasteiger partial charge on any atom is 0.252 e. The van der Waals surface area contributed by atoms with Gasteiger partial charge >= 0.3 is 0 Å². The zero-order valence-corrected chi connectivity index (χ0v) is 14.8. The number of benzene rings is 1. The first-order valence-corrected chi connectivity index (χ1v) is 7.87. The summed E-state index contributed by atoms with van der Waals surface area (Å²) in [4.78, 5) is 14.4. The van der Waals surface area contributed by atoms with E-state index in [1.165, 1.54) is 0 Å². The van der Waals surface area contributed by atoms with Crippen LogP contribution in [0.3, 0.4) is 0 Å². The maximum atomic E-state index is 12.3. The summed E-state index contributed by atoms with van der Waals surface area (Å²) >= 11 is 9.28. The van der Waals surface area contributed by atoms with Crippen molar-refractivity contribution in [3.05, 3.63) is 33.3 Å². The fourth-order valence-corrected chi connectivity index (χ4v) is 2.99. The van der Waals surface area contributed by atoms with Gasteiger partial charge < -0.3 is 10.2 Å². The second-order valence-electron chi connectivity index (χ2n) is 5.69. The molecule has 0 bridgehead atoms. The van der Waals surface area contributed by atoms with E-state index < -0.39 is 0 Å². The van der Waals surface area contributed by atoms with E-state index in [1.807, 2.05) is 14.1 Å². The molecule has 0 aliphatic heterocycles. The van der Waals surface area contributed by atoms with Gasteiger partial charge in [-0.25, -0.2) is 0 Å². The normalized spacial score (nSPS) is 12.8. The van der Waals surface area contributed by atoms with E-state index in [9.17, 15) is 4.79 Å². The van der Waals surface area contributed by atoms with Crippen LogP contribution < -0.4 is 5.32 Å². The van der Waals surface area contributed by atoms with E-state index in [2.05, 4.69) is 40.0 Å². The third kappa shape index (κ3) is 5.81. The van der Waals surface area contributed by atoms with Gasteiger partial charge in [-0.3, -0.25) is 4.79 Å². The Labute approximate surface area is 134 Å². The van der Waals surface area contributed by atoms with Gasteiger partial charge in [0.1, 0.15) is 0 Å². The average molecular weight is 362 g/mol. The highest BCUT2D eigenvalue weighted by Gasteiger charge is 2.17. The van der Waals surface area contributed by atoms with Gasteiger partial charge in [-0.05, 0) is 60.6 Å². The minimum Gasteiger partial charge on any atom is -0.348 e. The molecular weight excluding hydrogens is 340 g/mol. The first kappa shape index (κ1) is 17.5. The summed E-state index contributed by atoms with van der Waals surface area (Å²) in [5.41, 5.74) is 0.613. The van der Waals surface area contributed by atoms with Crippen LogP contribution in [0.5, 0.6) is 0 Å². The third-order valence-corrected chi connectivity index (χ3v) is 3.74. The second kappa shape index (κ2) is 8.01. The van der Waals surface area contributed by atoms with Crippen molar-refractivity contribution >= 4 is 33.4 Å². The van der Waals surface area contributed by atoms with Gasteiger partial charge in [0.15, 0.2) is 0 Å². The van der Waals surface area contributed by atoms with Gasteiger partial charge in [0, 0.05) is 22.1 Å². The molecule has 0 saturated heterocycles. The van der Waals surface area contributed by atoms with Crippen LogP contribution >= 0.6 is 27.5 Å². The lowest BCUT2D eigenvalue weighted by Crippen LogP contribution is -2.42. The summed E-state index contributed by atoms with van der Waals surface area (Å²) in [6, 6.07) is 5.34. The Morgan fingerprint density at radius 1 is 1.40 bits per heavy atom. The summed E-state index contributed by atoms with van der Waals surface area (Å²) in [6.45, 7) is 5.15. The number of halogens is 2. The molecule has 1 atom stereocenters. The van der Waals surface area contributed by atoms with Crippen molar-refractivity contribution in [1.29, 1.82) is 0 Å². The highest BCUT2D eigenvalue weighted by molar-refractivity contribution is 9.10. The molecule has 112 valence electrons. The lowest BCUT2D eigenvalue weighted by molar-refractivity contribution is 0.0924. The van der Waals surface area contributed by atoms with Gasteiger partial charge in [0.05, 0.1) is 5.56 Å². The van der Waals surface area contributed by atoms with Gasteiger partial charge in [-0.1, -0.05) is 25.4 Å². The fraction of sp³-hybridized carbons (Fsp3) is 0.533. The molecule has 0 saturated carbocycles. The predicted octanol–water partition coefficient (Wildman–Crippen LogP) is 3.81. The lowest BCUT2D eigenvalue weighted by Gasteiger charge is -2.24. The minimum atomic E-state index is -0.0685. The molecule has 0 fully saturated rings. The zero-order chi connectivity index (χ0) is 15.3. The summed E-state index contributed by atoms with van der Waals surface area (Å²) in [5, 5.41) is 3.71. The van der Waals surface area contributed by atoms with Crippen molar-refractivity contribution in [2.45, 2.75) is 26.3 Å². The van der Waals surface area contributed by atoms with Crippen LogP contribution in [0.2, 0.25) is 5.02 Å². The summed E-state index contributed by atoms with van der Waals surface area (Å²) in [7, 11) is 4.02. The Kier molecular flexibility index (Phi) is 7.00. The smallest absolute Gasteiger partial charge is 0.252 e. The van der Waals surface area contributed by atoms with Gasteiger partial charge in [-0.2, -0.15) is 0 Å². The minimum absolute atomic E-state index is 0.0685. The standard InChI is InChI=1S/C15H22BrClN2O/c1-10(2)7-12(9-19(3)4)18-15(20)13-6-5-11(17)8-14(13)16/h5-6,8,10,12H,7,9H2,1-4H3,(H,18,20). The predicted molar refractivity (Wildman–Crippen MR) is 88.4 cm³/mol. The molecule has 3 nitrogen and oxygen atoms in total. The molecule has 20 heavy (non-hydrogen) atoms. The summed E-state index contributed by atoms with van der Waals surface area (Å²) in [5.74, 6) is 0.468. The van der Waals surface area contributed by atoms with Crippen molar-refractivity contribution in [1.82, 2.24) is 10.2 Å². The molecule has 0 aliphatic carbocycles. The van der Waals surface area contributed by atoms with E-state index in [0.717, 1.165) is 17.4 Å². The average Bonchev–Trinajstić information content (AvgIpc) is 2.26. The van der Waals surface area contributed by atoms with Gasteiger partial charge in [0.25, 0.3) is 5.91 Å². The molecule has 0 aromatic heterocycles. The number of hydrogen-bond acceptors (Lipinski definition) is 2. The highest BCUT2D eigenvalue weighted by Crippen LogP contribution is 2.21. The molecule has 1 aromatic rings. The molecule has 0 spiro atoms. The van der Waals surface area contributed by atoms with Crippen LogP contribution in [0.25, 0.3) is 0 Å². The molecule has 0 aliphatic rings. The van der Waals surface area contributed by atoms with Crippen molar-refractivity contribution in [3.63, 3.8) is 0 Å². The molecule has 5 heteroatoms. The molecule has 0 radical (unpaired) electrons. The topological polar surface area (TPSA) is 32.3 Å². The van der Waals surface area contributed by atoms with Crippen LogP contribution in [0.15, 0.2) is 22.7 Å². The maximum absolute atomic E-state index is 12.3. The Hall–Kier alpha value is -0.580. The SMILES string of the molecule is CC(C)CC(CN(C)C)NC(=O)c1ccc(Cl)cc1Br. The Bertz CT molecular complexity index is 453. The van der Waals surface area contributed by atoms with Crippen molar-refractivity contribution in [2.75, 3.05) is 20.6 Å². The van der Waals surface area contributed by atoms with E-state index in [1.54, 1.807) is 18.2 Å². The number of nitrogens with one attached hydrogen (secondary N) is 1. The van der Waals surface area contributed by atoms with E-state index in [0.29, 0.717) is 16.5 Å². The van der Waals surface area contributed by atoms with E-state index in [4.69, 9.17) is 11.6 Å². The van der Waals surface area contributed by atoms with E-state index >= 15 is 0 Å². The number of likely N-dealkylation sites (N-methyl/N-ethyl adjacent to an activating group) is 1. The van der Waals surface area contributed by atoms with Crippen molar-refractivity contribution in [2.24, 2.45) is 5.92 Å². The Morgan fingerprint density at radius 2 is 2.05 bits per heavy atom. The first-order chi connectivity index (χ1) is 9.29. The first-order valence-electron chi connectivity index (χ1n) is 6.70. The number of amides is 1. The molecule has 1 rings (SSSR count). The summed E-state index contributed by atoms with van der Waals surface area (Å²) < 4.78 is 0.718. The van der Waals surface area contributed by atoms with Gasteiger partial charge in [0.2, 0.25) is 0 Å². The van der Waals surface area contributed by atoms with Crippen LogP contribution in [0.1, 0.15) is 30.6 Å². The largest absolute Gasteiger partial charge is 0.348 e. The molecule has 1 unspecified atom stereocenters. The van der Waals surface area contributed by atoms with Crippen molar-refractivity contribution < 1.29 is 4.79 Å². The Morgan fingerprint density at radius 3 is 2.55 bits per heavy atom. The molecule has 1 amide bonds. The van der Waals surface area contributed by atoms with Crippen LogP contribution in [0.4, 0.5) is 0 Å². The van der Waals surface area contributed by atoms with E-state index in [-0.39, 0.29) is 11.9 Å². The molecule has 1 aromatic carbocycles. The van der Waals surface area contributed by atoms with Gasteiger partial charge in [-0.15, -0.1) is 0 Å². The second-order valence-corrected chi connectivity index (χ2v) is 6.98. The van der Waals surface area contributed by atoms with Crippen LogP contribution in [-0.2, 0) is 0 Å². The quantitative estimate of drug-likeness (QED) is 0.835. The lowest BCUT2D eigenvalue weighted by atomic mass is 10.0. The zero-order valence-electron chi connectivity index (χ0n) is 12.4. The van der Waals surface area contributed by atoms with Crippen LogP contribution in [-0.4, -0.2) is 37.5 Å². The highest BCUT2D eigenvalue weighted by atomic mass is 79.9. The molecular formula is C15H22BrClN2O. The third-order valence-electron chi connectivity index (χ3n) is 2.85. The number of carbonyl (C=O) groups is 1. The monoisotopic (exact) mass is 360 g/mol. The van der Waals surface area contributed by atoms with Crippen LogP contribution in [0, 0.1) is 5.92 Å². The van der Waals surface area contributed by atoms with Crippen molar-refractivity contribution in [3.8, 4) is 0 Å². The number of rotatable bonds is 6. The summed E-state index contributed by atoms with van der Waals surface area (Å²) in [6.07, 6.45) is 0.954. The number of hydrogen-bond donors (Lipinski definition) is 1. The number of nitrogens with zero attached hydrogens (tertiary/aromatic N) is 1. The fourth-order valence-electron chi connectivity index (χ4n) is 2.13. The molecule has 1 N–H and O–H groups in total. The Balaban J connectivity index is 2.78. The number of carbonyl (C=O) groups excluding carboxylic acids is 1.